The minimum Gasteiger partial charge on any atom is -0.481 e. The molecule has 0 unspecified atom stereocenters. The van der Waals surface area contributed by atoms with Crippen molar-refractivity contribution in [2.45, 2.75) is 6.42 Å². The van der Waals surface area contributed by atoms with Gasteiger partial charge in [0.2, 0.25) is 5.88 Å². The fourth-order valence-corrected chi connectivity index (χ4v) is 2.24. The number of benzene rings is 1. The number of ether oxygens (including phenoxy) is 1. The highest BCUT2D eigenvalue weighted by Gasteiger charge is 2.23. The summed E-state index contributed by atoms with van der Waals surface area (Å²) >= 11 is 0. The molecule has 0 fully saturated rings. The van der Waals surface area contributed by atoms with Crippen molar-refractivity contribution in [1.29, 1.82) is 0 Å². The zero-order valence-electron chi connectivity index (χ0n) is 12.0. The second-order valence-electron chi connectivity index (χ2n) is 4.80. The van der Waals surface area contributed by atoms with Crippen molar-refractivity contribution in [2.24, 2.45) is 5.10 Å². The highest BCUT2D eigenvalue weighted by molar-refractivity contribution is 6.03. The van der Waals surface area contributed by atoms with E-state index in [9.17, 15) is 9.18 Å². The number of carbonyl (C=O) groups excluding carboxylic acids is 1. The summed E-state index contributed by atoms with van der Waals surface area (Å²) in [5.41, 5.74) is 1.67. The van der Waals surface area contributed by atoms with E-state index in [1.807, 2.05) is 12.1 Å². The first-order valence-electron chi connectivity index (χ1n) is 6.84. The third-order valence-electron chi connectivity index (χ3n) is 3.34. The maximum Gasteiger partial charge on any atom is 0.274 e. The van der Waals surface area contributed by atoms with Crippen LogP contribution in [0.2, 0.25) is 0 Å². The monoisotopic (exact) mass is 299 g/mol. The number of hydrogen-bond acceptors (Lipinski definition) is 4. The lowest BCUT2D eigenvalue weighted by Gasteiger charge is -2.11. The fourth-order valence-electron chi connectivity index (χ4n) is 2.24. The van der Waals surface area contributed by atoms with Crippen LogP contribution in [0.15, 0.2) is 47.6 Å². The first kappa shape index (κ1) is 14.2. The van der Waals surface area contributed by atoms with E-state index >= 15 is 0 Å². The van der Waals surface area contributed by atoms with Gasteiger partial charge in [0.15, 0.2) is 0 Å². The number of carbonyl (C=O) groups is 1. The van der Waals surface area contributed by atoms with E-state index in [2.05, 4.69) is 10.1 Å². The lowest BCUT2D eigenvalue weighted by atomic mass is 10.2. The first-order valence-corrected chi connectivity index (χ1v) is 6.84. The molecule has 1 aliphatic rings. The molecule has 1 amide bonds. The van der Waals surface area contributed by atoms with Gasteiger partial charge in [0.25, 0.3) is 5.91 Å². The SMILES string of the molecule is COc1cccc(C2=NN(C(=O)c3cccc(F)c3)CC2)n1. The molecule has 0 saturated carbocycles. The van der Waals surface area contributed by atoms with Gasteiger partial charge in [0.1, 0.15) is 5.82 Å². The third kappa shape index (κ3) is 2.81. The van der Waals surface area contributed by atoms with Gasteiger partial charge in [-0.15, -0.1) is 0 Å². The lowest BCUT2D eigenvalue weighted by Crippen LogP contribution is -2.23. The van der Waals surface area contributed by atoms with Gasteiger partial charge >= 0.3 is 0 Å². The van der Waals surface area contributed by atoms with Crippen LogP contribution >= 0.6 is 0 Å². The topological polar surface area (TPSA) is 54.8 Å². The van der Waals surface area contributed by atoms with E-state index in [4.69, 9.17) is 4.74 Å². The molecule has 1 aromatic carbocycles. The van der Waals surface area contributed by atoms with Gasteiger partial charge in [-0.2, -0.15) is 5.10 Å². The molecular formula is C16H14FN3O2. The summed E-state index contributed by atoms with van der Waals surface area (Å²) < 4.78 is 18.3. The van der Waals surface area contributed by atoms with Crippen LogP contribution in [-0.2, 0) is 0 Å². The third-order valence-corrected chi connectivity index (χ3v) is 3.34. The molecule has 6 heteroatoms. The van der Waals surface area contributed by atoms with E-state index < -0.39 is 5.82 Å². The summed E-state index contributed by atoms with van der Waals surface area (Å²) in [6.45, 7) is 0.448. The Hall–Kier alpha value is -2.76. The van der Waals surface area contributed by atoms with Crippen LogP contribution in [0.4, 0.5) is 4.39 Å². The molecule has 112 valence electrons. The predicted molar refractivity (Wildman–Crippen MR) is 79.4 cm³/mol. The van der Waals surface area contributed by atoms with Crippen LogP contribution in [0.3, 0.4) is 0 Å². The van der Waals surface area contributed by atoms with Gasteiger partial charge < -0.3 is 4.74 Å². The van der Waals surface area contributed by atoms with Gasteiger partial charge in [-0.05, 0) is 24.3 Å². The van der Waals surface area contributed by atoms with E-state index in [1.165, 1.54) is 23.2 Å². The van der Waals surface area contributed by atoms with Crippen molar-refractivity contribution >= 4 is 11.6 Å². The van der Waals surface area contributed by atoms with E-state index in [0.717, 1.165) is 0 Å². The van der Waals surface area contributed by atoms with E-state index in [1.54, 1.807) is 19.2 Å². The molecule has 2 heterocycles. The minimum absolute atomic E-state index is 0.281. The molecule has 0 bridgehead atoms. The normalized spacial score (nSPS) is 13.9. The van der Waals surface area contributed by atoms with Crippen LogP contribution < -0.4 is 4.74 Å². The molecule has 0 saturated heterocycles. The smallest absolute Gasteiger partial charge is 0.274 e. The largest absolute Gasteiger partial charge is 0.481 e. The number of amides is 1. The molecule has 1 aliphatic heterocycles. The van der Waals surface area contributed by atoms with Crippen molar-refractivity contribution in [3.8, 4) is 5.88 Å². The second kappa shape index (κ2) is 5.93. The summed E-state index contributed by atoms with van der Waals surface area (Å²) in [7, 11) is 1.54. The van der Waals surface area contributed by atoms with E-state index in [-0.39, 0.29) is 11.5 Å². The molecule has 5 nitrogen and oxygen atoms in total. The number of methoxy groups -OCH3 is 1. The van der Waals surface area contributed by atoms with Crippen LogP contribution in [0.25, 0.3) is 0 Å². The Bertz CT molecular complexity index is 746. The Kier molecular flexibility index (Phi) is 3.82. The summed E-state index contributed by atoms with van der Waals surface area (Å²) in [4.78, 5) is 16.6. The van der Waals surface area contributed by atoms with Crippen molar-refractivity contribution in [2.75, 3.05) is 13.7 Å². The molecule has 0 radical (unpaired) electrons. The predicted octanol–water partition coefficient (Wildman–Crippen LogP) is 2.48. The van der Waals surface area contributed by atoms with Crippen molar-refractivity contribution in [1.82, 2.24) is 9.99 Å². The quantitative estimate of drug-likeness (QED) is 0.875. The molecule has 0 N–H and O–H groups in total. The lowest BCUT2D eigenvalue weighted by molar-refractivity contribution is 0.0778. The van der Waals surface area contributed by atoms with E-state index in [0.29, 0.717) is 30.3 Å². The zero-order chi connectivity index (χ0) is 15.5. The van der Waals surface area contributed by atoms with Gasteiger partial charge in [0.05, 0.1) is 25.1 Å². The first-order chi connectivity index (χ1) is 10.7. The fraction of sp³-hybridized carbons (Fsp3) is 0.188. The van der Waals surface area contributed by atoms with Crippen LogP contribution in [0.1, 0.15) is 22.5 Å². The Morgan fingerprint density at radius 3 is 2.86 bits per heavy atom. The highest BCUT2D eigenvalue weighted by Crippen LogP contribution is 2.17. The summed E-state index contributed by atoms with van der Waals surface area (Å²) in [6, 6.07) is 11.0. The van der Waals surface area contributed by atoms with Gasteiger partial charge in [-0.25, -0.2) is 14.4 Å². The number of nitrogens with zero attached hydrogens (tertiary/aromatic N) is 3. The zero-order valence-corrected chi connectivity index (χ0v) is 12.0. The Morgan fingerprint density at radius 2 is 2.09 bits per heavy atom. The maximum absolute atomic E-state index is 13.2. The number of hydrogen-bond donors (Lipinski definition) is 0. The number of halogens is 1. The minimum atomic E-state index is -0.441. The average molecular weight is 299 g/mol. The molecule has 2 aromatic rings. The van der Waals surface area contributed by atoms with Crippen molar-refractivity contribution in [3.63, 3.8) is 0 Å². The van der Waals surface area contributed by atoms with Crippen LogP contribution in [-0.4, -0.2) is 35.3 Å². The molecular weight excluding hydrogens is 285 g/mol. The number of pyridine rings is 1. The second-order valence-corrected chi connectivity index (χ2v) is 4.80. The van der Waals surface area contributed by atoms with Gasteiger partial charge in [-0.3, -0.25) is 4.79 Å². The Balaban J connectivity index is 1.83. The molecule has 0 aliphatic carbocycles. The number of rotatable bonds is 3. The molecule has 0 atom stereocenters. The summed E-state index contributed by atoms with van der Waals surface area (Å²) in [6.07, 6.45) is 0.598. The van der Waals surface area contributed by atoms with Crippen LogP contribution in [0.5, 0.6) is 5.88 Å². The van der Waals surface area contributed by atoms with Gasteiger partial charge in [-0.1, -0.05) is 12.1 Å². The van der Waals surface area contributed by atoms with Gasteiger partial charge in [0, 0.05) is 18.1 Å². The van der Waals surface area contributed by atoms with Crippen molar-refractivity contribution < 1.29 is 13.9 Å². The molecule has 22 heavy (non-hydrogen) atoms. The number of aromatic nitrogens is 1. The molecule has 3 rings (SSSR count). The Labute approximate surface area is 127 Å². The number of hydrazone groups is 1. The highest BCUT2D eigenvalue weighted by atomic mass is 19.1. The Morgan fingerprint density at radius 1 is 1.27 bits per heavy atom. The summed E-state index contributed by atoms with van der Waals surface area (Å²) in [5.74, 6) is -0.267. The molecule has 0 spiro atoms. The maximum atomic E-state index is 13.2. The van der Waals surface area contributed by atoms with Crippen molar-refractivity contribution in [3.05, 3.63) is 59.5 Å². The van der Waals surface area contributed by atoms with Crippen LogP contribution in [0, 0.1) is 5.82 Å². The summed E-state index contributed by atoms with van der Waals surface area (Å²) in [5, 5.41) is 5.64. The standard InChI is InChI=1S/C16H14FN3O2/c1-22-15-7-3-6-13(18-15)14-8-9-20(19-14)16(21)11-4-2-5-12(17)10-11/h2-7,10H,8-9H2,1H3. The average Bonchev–Trinajstić information content (AvgIpc) is 3.04. The molecule has 1 aromatic heterocycles.